The number of rotatable bonds is 8. The normalized spacial score (nSPS) is 21.1. The van der Waals surface area contributed by atoms with E-state index in [1.165, 1.54) is 28.4 Å². The molecule has 11 nitrogen and oxygen atoms in total. The van der Waals surface area contributed by atoms with Gasteiger partial charge in [-0.1, -0.05) is 6.92 Å². The van der Waals surface area contributed by atoms with Crippen LogP contribution in [0.4, 0.5) is 14.9 Å². The van der Waals surface area contributed by atoms with Crippen LogP contribution in [0.25, 0.3) is 0 Å². The highest BCUT2D eigenvalue weighted by Gasteiger charge is 2.32. The lowest BCUT2D eigenvalue weighted by Crippen LogP contribution is -2.48. The zero-order chi connectivity index (χ0) is 33.3. The number of amides is 3. The molecule has 0 spiro atoms. The first-order chi connectivity index (χ1) is 21.2. The summed E-state index contributed by atoms with van der Waals surface area (Å²) in [6.07, 6.45) is 1.34. The minimum atomic E-state index is -3.94. The third-order valence-corrected chi connectivity index (χ3v) is 9.53. The first kappa shape index (κ1) is 36.2. The quantitative estimate of drug-likeness (QED) is 0.383. The average Bonchev–Trinajstić information content (AvgIpc) is 2.98. The summed E-state index contributed by atoms with van der Waals surface area (Å²) >= 11 is 0. The van der Waals surface area contributed by atoms with Gasteiger partial charge in [-0.05, 0) is 89.4 Å². The van der Waals surface area contributed by atoms with E-state index in [1.807, 2.05) is 27.7 Å². The Bertz CT molecular complexity index is 1390. The number of hydrogen-bond donors (Lipinski definition) is 3. The van der Waals surface area contributed by atoms with E-state index in [0.29, 0.717) is 30.9 Å². The van der Waals surface area contributed by atoms with Crippen molar-refractivity contribution in [2.24, 2.45) is 5.92 Å². The number of urea groups is 1. The van der Waals surface area contributed by atoms with Gasteiger partial charge >= 0.3 is 6.03 Å². The molecule has 3 amide bonds. The van der Waals surface area contributed by atoms with Crippen LogP contribution in [-0.2, 0) is 14.8 Å². The van der Waals surface area contributed by atoms with Crippen LogP contribution >= 0.6 is 0 Å². The van der Waals surface area contributed by atoms with Gasteiger partial charge in [0.05, 0.1) is 35.3 Å². The van der Waals surface area contributed by atoms with Crippen molar-refractivity contribution in [2.45, 2.75) is 83.1 Å². The molecule has 0 saturated carbocycles. The smallest absolute Gasteiger partial charge is 0.319 e. The number of likely N-dealkylation sites (N-methyl/N-ethyl adjacent to an activating group) is 1. The van der Waals surface area contributed by atoms with Crippen LogP contribution in [0.1, 0.15) is 64.2 Å². The topological polar surface area (TPSA) is 138 Å². The van der Waals surface area contributed by atoms with Gasteiger partial charge in [0.25, 0.3) is 5.91 Å². The van der Waals surface area contributed by atoms with Gasteiger partial charge in [0.1, 0.15) is 11.6 Å². The number of hydrogen-bond acceptors (Lipinski definition) is 7. The van der Waals surface area contributed by atoms with Crippen molar-refractivity contribution >= 4 is 27.6 Å². The number of aliphatic hydroxyl groups is 1. The van der Waals surface area contributed by atoms with Crippen molar-refractivity contribution in [1.82, 2.24) is 14.5 Å². The summed E-state index contributed by atoms with van der Waals surface area (Å²) in [6.45, 7) is 9.36. The zero-order valence-electron chi connectivity index (χ0n) is 27.0. The molecular weight excluding hydrogens is 603 g/mol. The van der Waals surface area contributed by atoms with E-state index in [2.05, 4.69) is 10.6 Å². The molecule has 45 heavy (non-hydrogen) atoms. The number of nitrogens with one attached hydrogen (secondary N) is 2. The van der Waals surface area contributed by atoms with Gasteiger partial charge < -0.3 is 30.1 Å². The van der Waals surface area contributed by atoms with E-state index in [0.717, 1.165) is 18.6 Å². The predicted molar refractivity (Wildman–Crippen MR) is 170 cm³/mol. The molecule has 250 valence electrons. The van der Waals surface area contributed by atoms with Crippen LogP contribution in [0.3, 0.4) is 0 Å². The fourth-order valence-corrected chi connectivity index (χ4v) is 6.21. The monoisotopic (exact) mass is 650 g/mol. The highest BCUT2D eigenvalue weighted by atomic mass is 32.2. The minimum absolute atomic E-state index is 0.00839. The molecule has 3 N–H and O–H groups in total. The van der Waals surface area contributed by atoms with E-state index in [4.69, 9.17) is 9.47 Å². The van der Waals surface area contributed by atoms with E-state index < -0.39 is 39.9 Å². The maximum atomic E-state index is 14.2. The van der Waals surface area contributed by atoms with Crippen molar-refractivity contribution < 1.29 is 37.0 Å². The van der Waals surface area contributed by atoms with E-state index in [1.54, 1.807) is 25.1 Å². The Hall–Kier alpha value is -3.26. The van der Waals surface area contributed by atoms with Crippen LogP contribution in [0, 0.1) is 11.7 Å². The standard InChI is InChI=1S/C32H47FN4O7S/c1-21(2)34-32(40)35-26-12-15-29-28(17-26)31(39)37(23(4)20-38)18-22(3)30(43-16-8-7-9-24(5)44-29)19-36(6)45(41,42)27-13-10-25(33)11-14-27/h10-15,17,21-24,30,38H,7-9,16,18-20H2,1-6H3,(H2,34,35,40)/t22-,23+,24+,30-/m0/s1. The SMILES string of the molecule is CC(C)NC(=O)Nc1ccc2c(c1)C(=O)N([C@H](C)CO)C[C@H](C)[C@H](CN(C)S(=O)(=O)c1ccc(F)cc1)OCCCC[C@@H](C)O2. The van der Waals surface area contributed by atoms with Crippen molar-refractivity contribution in [2.75, 3.05) is 38.7 Å². The van der Waals surface area contributed by atoms with Gasteiger partial charge in [-0.15, -0.1) is 0 Å². The highest BCUT2D eigenvalue weighted by molar-refractivity contribution is 7.89. The largest absolute Gasteiger partial charge is 0.490 e. The summed E-state index contributed by atoms with van der Waals surface area (Å²) in [7, 11) is -2.50. The average molecular weight is 651 g/mol. The molecule has 0 radical (unpaired) electrons. The maximum Gasteiger partial charge on any atom is 0.319 e. The molecule has 3 rings (SSSR count). The maximum absolute atomic E-state index is 14.2. The molecule has 13 heteroatoms. The first-order valence-electron chi connectivity index (χ1n) is 15.4. The molecule has 0 saturated heterocycles. The third kappa shape index (κ3) is 10.1. The van der Waals surface area contributed by atoms with Crippen molar-refractivity contribution in [3.8, 4) is 5.75 Å². The van der Waals surface area contributed by atoms with Gasteiger partial charge in [0.15, 0.2) is 0 Å². The number of ether oxygens (including phenoxy) is 2. The summed E-state index contributed by atoms with van der Waals surface area (Å²) in [6, 6.07) is 8.44. The molecule has 0 aromatic heterocycles. The van der Waals surface area contributed by atoms with Gasteiger partial charge in [-0.2, -0.15) is 4.31 Å². The number of anilines is 1. The molecule has 1 aliphatic heterocycles. The van der Waals surface area contributed by atoms with Gasteiger partial charge in [-0.3, -0.25) is 4.79 Å². The summed E-state index contributed by atoms with van der Waals surface area (Å²) < 4.78 is 53.7. The van der Waals surface area contributed by atoms with Gasteiger partial charge in [0, 0.05) is 44.4 Å². The van der Waals surface area contributed by atoms with Crippen LogP contribution in [0.15, 0.2) is 47.4 Å². The van der Waals surface area contributed by atoms with Crippen molar-refractivity contribution in [3.63, 3.8) is 0 Å². The van der Waals surface area contributed by atoms with Crippen LogP contribution in [0.2, 0.25) is 0 Å². The summed E-state index contributed by atoms with van der Waals surface area (Å²) in [5, 5.41) is 15.7. The molecule has 2 aromatic carbocycles. The minimum Gasteiger partial charge on any atom is -0.490 e. The van der Waals surface area contributed by atoms with Crippen LogP contribution in [0.5, 0.6) is 5.75 Å². The lowest BCUT2D eigenvalue weighted by molar-refractivity contribution is -0.00834. The highest BCUT2D eigenvalue weighted by Crippen LogP contribution is 2.29. The van der Waals surface area contributed by atoms with Gasteiger partial charge in [-0.25, -0.2) is 17.6 Å². The van der Waals surface area contributed by atoms with E-state index in [9.17, 15) is 27.5 Å². The van der Waals surface area contributed by atoms with Crippen molar-refractivity contribution in [1.29, 1.82) is 0 Å². The molecule has 0 aliphatic carbocycles. The lowest BCUT2D eigenvalue weighted by Gasteiger charge is -2.35. The zero-order valence-corrected chi connectivity index (χ0v) is 27.8. The molecule has 0 unspecified atom stereocenters. The lowest BCUT2D eigenvalue weighted by atomic mass is 10.0. The molecule has 4 atom stereocenters. The molecule has 1 heterocycles. The summed E-state index contributed by atoms with van der Waals surface area (Å²) in [5.41, 5.74) is 0.623. The molecule has 1 aliphatic rings. The Balaban J connectivity index is 1.96. The first-order valence-corrected chi connectivity index (χ1v) is 16.8. The number of benzene rings is 2. The van der Waals surface area contributed by atoms with Crippen LogP contribution in [-0.4, -0.2) is 92.3 Å². The number of nitrogens with zero attached hydrogens (tertiary/aromatic N) is 2. The fraction of sp³-hybridized carbons (Fsp3) is 0.562. The molecule has 0 bridgehead atoms. The second kappa shape index (κ2) is 16.3. The predicted octanol–water partition coefficient (Wildman–Crippen LogP) is 4.47. The molecular formula is C32H47FN4O7S. The Morgan fingerprint density at radius 2 is 1.82 bits per heavy atom. The van der Waals surface area contributed by atoms with Gasteiger partial charge in [0.2, 0.25) is 10.0 Å². The molecule has 2 aromatic rings. The fourth-order valence-electron chi connectivity index (χ4n) is 5.03. The molecule has 0 fully saturated rings. The number of carbonyl (C=O) groups excluding carboxylic acids is 2. The second-order valence-electron chi connectivity index (χ2n) is 12.0. The van der Waals surface area contributed by atoms with E-state index in [-0.39, 0.29) is 48.2 Å². The summed E-state index contributed by atoms with van der Waals surface area (Å²) in [4.78, 5) is 28.1. The number of aliphatic hydroxyl groups excluding tert-OH is 1. The Morgan fingerprint density at radius 1 is 1.13 bits per heavy atom. The Kier molecular flexibility index (Phi) is 13.2. The number of halogens is 1. The van der Waals surface area contributed by atoms with E-state index >= 15 is 0 Å². The number of carbonyl (C=O) groups is 2. The second-order valence-corrected chi connectivity index (χ2v) is 14.0. The third-order valence-electron chi connectivity index (χ3n) is 7.69. The summed E-state index contributed by atoms with van der Waals surface area (Å²) in [5.74, 6) is -0.953. The van der Waals surface area contributed by atoms with Crippen molar-refractivity contribution in [3.05, 3.63) is 53.8 Å². The number of fused-ring (bicyclic) bond motifs is 1. The Labute approximate surface area is 266 Å². The van der Waals surface area contributed by atoms with Crippen LogP contribution < -0.4 is 15.4 Å². The number of sulfonamides is 1. The Morgan fingerprint density at radius 3 is 2.47 bits per heavy atom.